The van der Waals surface area contributed by atoms with E-state index < -0.39 is 6.10 Å². The summed E-state index contributed by atoms with van der Waals surface area (Å²) in [6.45, 7) is 1.64. The van der Waals surface area contributed by atoms with Crippen molar-refractivity contribution in [3.63, 3.8) is 0 Å². The first kappa shape index (κ1) is 15.0. The van der Waals surface area contributed by atoms with Gasteiger partial charge in [0.2, 0.25) is 0 Å². The molecule has 106 valence electrons. The zero-order chi connectivity index (χ0) is 15.2. The van der Waals surface area contributed by atoms with Gasteiger partial charge in [0.25, 0.3) is 5.91 Å². The van der Waals surface area contributed by atoms with E-state index in [1.807, 2.05) is 6.07 Å². The molecular formula is C15H12BrN3O2. The zero-order valence-corrected chi connectivity index (χ0v) is 12.8. The number of nitriles is 1. The van der Waals surface area contributed by atoms with Crippen molar-refractivity contribution in [1.29, 1.82) is 5.26 Å². The molecular weight excluding hydrogens is 334 g/mol. The van der Waals surface area contributed by atoms with Gasteiger partial charge in [0.1, 0.15) is 11.6 Å². The average molecular weight is 346 g/mol. The molecule has 1 aromatic carbocycles. The number of carbonyl (C=O) groups excluding carboxylic acids is 1. The first-order valence-electron chi connectivity index (χ1n) is 6.18. The van der Waals surface area contributed by atoms with Gasteiger partial charge in [-0.2, -0.15) is 5.26 Å². The molecule has 0 fully saturated rings. The van der Waals surface area contributed by atoms with Crippen LogP contribution >= 0.6 is 15.9 Å². The number of amides is 1. The van der Waals surface area contributed by atoms with Crippen LogP contribution in [0.5, 0.6) is 5.75 Å². The largest absolute Gasteiger partial charge is 0.481 e. The van der Waals surface area contributed by atoms with Crippen molar-refractivity contribution in [2.24, 2.45) is 0 Å². The van der Waals surface area contributed by atoms with Gasteiger partial charge in [-0.05, 0) is 59.3 Å². The number of hydrogen-bond donors (Lipinski definition) is 1. The number of halogens is 1. The van der Waals surface area contributed by atoms with Gasteiger partial charge >= 0.3 is 0 Å². The van der Waals surface area contributed by atoms with E-state index in [-0.39, 0.29) is 5.91 Å². The predicted octanol–water partition coefficient (Wildman–Crippen LogP) is 3.12. The summed E-state index contributed by atoms with van der Waals surface area (Å²) in [5, 5.41) is 11.4. The van der Waals surface area contributed by atoms with Crippen molar-refractivity contribution < 1.29 is 9.53 Å². The molecule has 0 saturated carbocycles. The van der Waals surface area contributed by atoms with Crippen molar-refractivity contribution in [2.45, 2.75) is 13.0 Å². The normalized spacial score (nSPS) is 11.3. The van der Waals surface area contributed by atoms with Gasteiger partial charge in [0, 0.05) is 6.20 Å². The van der Waals surface area contributed by atoms with Gasteiger partial charge in [-0.15, -0.1) is 0 Å². The Labute approximate surface area is 130 Å². The van der Waals surface area contributed by atoms with Crippen LogP contribution < -0.4 is 10.1 Å². The highest BCUT2D eigenvalue weighted by Gasteiger charge is 2.16. The van der Waals surface area contributed by atoms with Crippen LogP contribution in [-0.2, 0) is 4.79 Å². The van der Waals surface area contributed by atoms with Gasteiger partial charge in [-0.1, -0.05) is 0 Å². The van der Waals surface area contributed by atoms with Crippen LogP contribution in [0.15, 0.2) is 47.1 Å². The fourth-order valence-electron chi connectivity index (χ4n) is 1.56. The molecule has 2 rings (SSSR count). The maximum absolute atomic E-state index is 12.0. The van der Waals surface area contributed by atoms with E-state index in [1.54, 1.807) is 49.5 Å². The summed E-state index contributed by atoms with van der Waals surface area (Å²) in [5.41, 5.74) is 0.539. The first-order valence-corrected chi connectivity index (χ1v) is 6.97. The Morgan fingerprint density at radius 2 is 2.10 bits per heavy atom. The molecule has 0 unspecified atom stereocenters. The number of nitrogens with one attached hydrogen (secondary N) is 1. The highest BCUT2D eigenvalue weighted by atomic mass is 79.9. The number of ether oxygens (including phenoxy) is 1. The molecule has 0 bridgehead atoms. The minimum absolute atomic E-state index is 0.307. The predicted molar refractivity (Wildman–Crippen MR) is 81.8 cm³/mol. The van der Waals surface area contributed by atoms with E-state index in [9.17, 15) is 4.79 Å². The summed E-state index contributed by atoms with van der Waals surface area (Å²) in [4.78, 5) is 16.1. The quantitative estimate of drug-likeness (QED) is 0.923. The van der Waals surface area contributed by atoms with Crippen molar-refractivity contribution in [3.8, 4) is 11.8 Å². The molecule has 2 aromatic rings. The number of anilines is 1. The van der Waals surface area contributed by atoms with Crippen LogP contribution in [0.3, 0.4) is 0 Å². The molecule has 5 nitrogen and oxygen atoms in total. The highest BCUT2D eigenvalue weighted by Crippen LogP contribution is 2.19. The minimum atomic E-state index is -0.688. The molecule has 0 aliphatic rings. The zero-order valence-electron chi connectivity index (χ0n) is 11.2. The van der Waals surface area contributed by atoms with E-state index in [0.717, 1.165) is 0 Å². The Kier molecular flexibility index (Phi) is 4.90. The second kappa shape index (κ2) is 6.86. The van der Waals surface area contributed by atoms with Gasteiger partial charge in [-0.3, -0.25) is 4.79 Å². The number of aromatic nitrogens is 1. The van der Waals surface area contributed by atoms with Crippen LogP contribution in [0.4, 0.5) is 5.82 Å². The summed E-state index contributed by atoms with van der Waals surface area (Å²) in [6, 6.07) is 12.1. The van der Waals surface area contributed by atoms with E-state index in [0.29, 0.717) is 21.6 Å². The van der Waals surface area contributed by atoms with E-state index >= 15 is 0 Å². The molecule has 1 heterocycles. The fourth-order valence-corrected chi connectivity index (χ4v) is 1.92. The second-order valence-electron chi connectivity index (χ2n) is 4.22. The molecule has 0 aliphatic carbocycles. The monoisotopic (exact) mass is 345 g/mol. The molecule has 0 spiro atoms. The summed E-state index contributed by atoms with van der Waals surface area (Å²) in [6.07, 6.45) is 0.902. The fraction of sp³-hybridized carbons (Fsp3) is 0.133. The Morgan fingerprint density at radius 1 is 1.38 bits per heavy atom. The maximum Gasteiger partial charge on any atom is 0.266 e. The van der Waals surface area contributed by atoms with Gasteiger partial charge in [0.05, 0.1) is 16.1 Å². The van der Waals surface area contributed by atoms with Crippen LogP contribution in [0.2, 0.25) is 0 Å². The molecule has 1 aromatic heterocycles. The number of hydrogen-bond acceptors (Lipinski definition) is 4. The maximum atomic E-state index is 12.0. The third kappa shape index (κ3) is 4.04. The molecule has 0 aliphatic heterocycles. The lowest BCUT2D eigenvalue weighted by atomic mass is 10.2. The van der Waals surface area contributed by atoms with Crippen molar-refractivity contribution in [3.05, 3.63) is 52.6 Å². The lowest BCUT2D eigenvalue weighted by Crippen LogP contribution is -2.30. The molecule has 1 atom stereocenters. The molecule has 1 N–H and O–H groups in total. The van der Waals surface area contributed by atoms with Gasteiger partial charge in [0.15, 0.2) is 6.10 Å². The van der Waals surface area contributed by atoms with Crippen LogP contribution in [0.1, 0.15) is 12.5 Å². The smallest absolute Gasteiger partial charge is 0.266 e. The summed E-state index contributed by atoms with van der Waals surface area (Å²) < 4.78 is 6.22. The summed E-state index contributed by atoms with van der Waals surface area (Å²) in [5.74, 6) is 0.660. The van der Waals surface area contributed by atoms with Crippen molar-refractivity contribution in [2.75, 3.05) is 5.32 Å². The van der Waals surface area contributed by atoms with E-state index in [4.69, 9.17) is 10.00 Å². The molecule has 21 heavy (non-hydrogen) atoms. The lowest BCUT2D eigenvalue weighted by Gasteiger charge is -2.14. The van der Waals surface area contributed by atoms with Gasteiger partial charge < -0.3 is 10.1 Å². The summed E-state index contributed by atoms with van der Waals surface area (Å²) in [7, 11) is 0. The standard InChI is InChI=1S/C15H12BrN3O2/c1-10(21-12-6-4-11(9-17)5-7-12)15(20)19-14-13(16)3-2-8-18-14/h2-8,10H,1H3,(H,18,19,20)/t10-/m0/s1. The molecule has 0 saturated heterocycles. The summed E-state index contributed by atoms with van der Waals surface area (Å²) >= 11 is 3.31. The van der Waals surface area contributed by atoms with Crippen LogP contribution in [0, 0.1) is 11.3 Å². The van der Waals surface area contributed by atoms with Crippen molar-refractivity contribution in [1.82, 2.24) is 4.98 Å². The van der Waals surface area contributed by atoms with E-state index in [2.05, 4.69) is 26.2 Å². The van der Waals surface area contributed by atoms with Gasteiger partial charge in [-0.25, -0.2) is 4.98 Å². The second-order valence-corrected chi connectivity index (χ2v) is 5.07. The topological polar surface area (TPSA) is 75.0 Å². The average Bonchev–Trinajstić information content (AvgIpc) is 2.50. The number of nitrogens with zero attached hydrogens (tertiary/aromatic N) is 2. The Morgan fingerprint density at radius 3 is 2.71 bits per heavy atom. The minimum Gasteiger partial charge on any atom is -0.481 e. The van der Waals surface area contributed by atoms with Crippen LogP contribution in [-0.4, -0.2) is 17.0 Å². The number of pyridine rings is 1. The molecule has 6 heteroatoms. The first-order chi connectivity index (χ1) is 10.1. The SMILES string of the molecule is C[C@H](Oc1ccc(C#N)cc1)C(=O)Nc1ncccc1Br. The lowest BCUT2D eigenvalue weighted by molar-refractivity contribution is -0.122. The highest BCUT2D eigenvalue weighted by molar-refractivity contribution is 9.10. The third-order valence-corrected chi connectivity index (χ3v) is 3.31. The Bertz CT molecular complexity index is 680. The molecule has 0 radical (unpaired) electrons. The van der Waals surface area contributed by atoms with Crippen LogP contribution in [0.25, 0.3) is 0 Å². The van der Waals surface area contributed by atoms with E-state index in [1.165, 1.54) is 0 Å². The Balaban J connectivity index is 1.99. The number of carbonyl (C=O) groups is 1. The number of rotatable bonds is 4. The Hall–Kier alpha value is -2.39. The number of benzene rings is 1. The molecule has 1 amide bonds. The third-order valence-electron chi connectivity index (χ3n) is 2.67. The van der Waals surface area contributed by atoms with Crippen molar-refractivity contribution >= 4 is 27.7 Å².